The Morgan fingerprint density at radius 3 is 1.90 bits per heavy atom. The Morgan fingerprint density at radius 2 is 1.80 bits per heavy atom. The number of alkyl halides is 1. The third-order valence-corrected chi connectivity index (χ3v) is 6.78. The highest BCUT2D eigenvalue weighted by atomic mass is 35.6. The zero-order chi connectivity index (χ0) is 8.20. The Balaban J connectivity index is 4.02. The van der Waals surface area contributed by atoms with Crippen molar-refractivity contribution in [1.29, 1.82) is 0 Å². The first kappa shape index (κ1) is 10.7. The molecule has 0 aliphatic carbocycles. The van der Waals surface area contributed by atoms with E-state index in [4.69, 9.17) is 31.5 Å². The van der Waals surface area contributed by atoms with Gasteiger partial charge in [-0.25, -0.2) is 0 Å². The van der Waals surface area contributed by atoms with Crippen LogP contribution in [0.3, 0.4) is 0 Å². The van der Waals surface area contributed by atoms with Crippen LogP contribution in [0.4, 0.5) is 0 Å². The van der Waals surface area contributed by atoms with Gasteiger partial charge in [-0.15, -0.1) is 11.6 Å². The molecule has 0 aliphatic rings. The van der Waals surface area contributed by atoms with Crippen LogP contribution in [-0.4, -0.2) is 27.1 Å². The molecule has 0 heterocycles. The monoisotopic (exact) mass is 202 g/mol. The van der Waals surface area contributed by atoms with Crippen molar-refractivity contribution in [3.63, 3.8) is 0 Å². The van der Waals surface area contributed by atoms with E-state index in [1.807, 2.05) is 6.92 Å². The van der Waals surface area contributed by atoms with Crippen molar-refractivity contribution >= 4 is 30.6 Å². The van der Waals surface area contributed by atoms with Gasteiger partial charge in [-0.2, -0.15) is 0 Å². The predicted octanol–water partition coefficient (Wildman–Crippen LogP) is 2.01. The van der Waals surface area contributed by atoms with Gasteiger partial charge in [0, 0.05) is 14.2 Å². The van der Waals surface area contributed by atoms with Gasteiger partial charge >= 0.3 is 7.87 Å². The van der Waals surface area contributed by atoms with E-state index in [2.05, 4.69) is 0 Å². The number of hydrogen-bond donors (Lipinski definition) is 0. The van der Waals surface area contributed by atoms with Crippen LogP contribution in [0.15, 0.2) is 0 Å². The smallest absolute Gasteiger partial charge is 0.386 e. The Labute approximate surface area is 72.4 Å². The zero-order valence-corrected chi connectivity index (χ0v) is 8.87. The summed E-state index contributed by atoms with van der Waals surface area (Å²) in [7, 11) is 0.480. The summed E-state index contributed by atoms with van der Waals surface area (Å²) in [5.74, 6) is 0. The SMILES string of the molecule is CCC(Cl)[Si](Cl)(OC)OC. The highest BCUT2D eigenvalue weighted by molar-refractivity contribution is 7.16. The lowest BCUT2D eigenvalue weighted by atomic mass is 10.6. The minimum Gasteiger partial charge on any atom is -0.386 e. The molecule has 0 bridgehead atoms. The summed E-state index contributed by atoms with van der Waals surface area (Å²) in [5, 5.41) is -0.191. The van der Waals surface area contributed by atoms with E-state index in [1.165, 1.54) is 14.2 Å². The molecule has 0 rings (SSSR count). The molecule has 0 aliphatic heterocycles. The largest absolute Gasteiger partial charge is 0.461 e. The fourth-order valence-corrected chi connectivity index (χ4v) is 2.75. The van der Waals surface area contributed by atoms with E-state index in [0.29, 0.717) is 0 Å². The molecule has 0 aromatic carbocycles. The Hall–Kier alpha value is 0.717. The first-order chi connectivity index (χ1) is 4.60. The van der Waals surface area contributed by atoms with Crippen molar-refractivity contribution < 1.29 is 8.85 Å². The standard InChI is InChI=1S/C5H12Cl2O2Si/c1-4-5(6)10(7,8-2)9-3/h5H,4H2,1-3H3. The number of rotatable bonds is 4. The van der Waals surface area contributed by atoms with E-state index in [1.54, 1.807) is 0 Å². The molecule has 0 radical (unpaired) electrons. The average Bonchev–Trinajstić information content (AvgIpc) is 2.01. The van der Waals surface area contributed by atoms with Crippen LogP contribution in [0.1, 0.15) is 13.3 Å². The van der Waals surface area contributed by atoms with Gasteiger partial charge in [0.25, 0.3) is 0 Å². The van der Waals surface area contributed by atoms with Crippen LogP contribution in [0.25, 0.3) is 0 Å². The van der Waals surface area contributed by atoms with Gasteiger partial charge in [0.1, 0.15) is 0 Å². The van der Waals surface area contributed by atoms with Crippen molar-refractivity contribution in [3.8, 4) is 0 Å². The van der Waals surface area contributed by atoms with E-state index >= 15 is 0 Å². The van der Waals surface area contributed by atoms with Gasteiger partial charge in [-0.1, -0.05) is 18.0 Å². The topological polar surface area (TPSA) is 18.5 Å². The normalized spacial score (nSPS) is 15.3. The molecule has 1 atom stereocenters. The highest BCUT2D eigenvalue weighted by Gasteiger charge is 2.41. The van der Waals surface area contributed by atoms with Crippen LogP contribution in [-0.2, 0) is 8.85 Å². The average molecular weight is 203 g/mol. The maximum absolute atomic E-state index is 5.92. The summed E-state index contributed by atoms with van der Waals surface area (Å²) >= 11 is 11.8. The maximum Gasteiger partial charge on any atom is 0.461 e. The molecule has 10 heavy (non-hydrogen) atoms. The Kier molecular flexibility index (Phi) is 4.89. The lowest BCUT2D eigenvalue weighted by Gasteiger charge is -2.23. The molecule has 0 fully saturated rings. The molecule has 62 valence electrons. The summed E-state index contributed by atoms with van der Waals surface area (Å²) in [6.07, 6.45) is 0.763. The fourth-order valence-electron chi connectivity index (χ4n) is 0.583. The molecule has 0 spiro atoms. The second-order valence-corrected chi connectivity index (χ2v) is 7.02. The molecule has 0 aromatic rings. The summed E-state index contributed by atoms with van der Waals surface area (Å²) in [6, 6.07) is 0. The molecule has 0 aromatic heterocycles. The summed E-state index contributed by atoms with van der Waals surface area (Å²) in [5.41, 5.74) is 0. The third kappa shape index (κ3) is 2.40. The van der Waals surface area contributed by atoms with Crippen LogP contribution < -0.4 is 0 Å². The minimum absolute atomic E-state index is 0.191. The first-order valence-corrected chi connectivity index (χ1v) is 6.38. The van der Waals surface area contributed by atoms with Crippen molar-refractivity contribution in [2.45, 2.75) is 18.3 Å². The number of halogens is 2. The molecular weight excluding hydrogens is 191 g/mol. The quantitative estimate of drug-likeness (QED) is 0.395. The molecule has 0 amide bonds. The maximum atomic E-state index is 5.92. The van der Waals surface area contributed by atoms with Crippen molar-refractivity contribution in [2.75, 3.05) is 14.2 Å². The van der Waals surface area contributed by atoms with Crippen LogP contribution in [0.2, 0.25) is 0 Å². The zero-order valence-electron chi connectivity index (χ0n) is 6.36. The Morgan fingerprint density at radius 1 is 1.40 bits per heavy atom. The van der Waals surface area contributed by atoms with Gasteiger partial charge in [0.05, 0.1) is 5.00 Å². The Bertz CT molecular complexity index is 97.6. The lowest BCUT2D eigenvalue weighted by molar-refractivity contribution is 0.262. The van der Waals surface area contributed by atoms with Crippen LogP contribution >= 0.6 is 22.7 Å². The summed E-state index contributed by atoms with van der Waals surface area (Å²) in [6.45, 7) is 1.94. The van der Waals surface area contributed by atoms with E-state index < -0.39 is 7.87 Å². The molecule has 2 nitrogen and oxygen atoms in total. The summed E-state index contributed by atoms with van der Waals surface area (Å²) < 4.78 is 9.98. The van der Waals surface area contributed by atoms with E-state index in [0.717, 1.165) is 6.42 Å². The lowest BCUT2D eigenvalue weighted by Crippen LogP contribution is -2.43. The van der Waals surface area contributed by atoms with Crippen LogP contribution in [0.5, 0.6) is 0 Å². The van der Waals surface area contributed by atoms with Gasteiger partial charge in [-0.05, 0) is 6.42 Å². The van der Waals surface area contributed by atoms with Gasteiger partial charge in [0.15, 0.2) is 0 Å². The molecule has 0 saturated carbocycles. The molecule has 0 saturated heterocycles. The summed E-state index contributed by atoms with van der Waals surface area (Å²) in [4.78, 5) is 0. The molecular formula is C5H12Cl2O2Si. The van der Waals surface area contributed by atoms with Gasteiger partial charge < -0.3 is 8.85 Å². The van der Waals surface area contributed by atoms with E-state index in [9.17, 15) is 0 Å². The van der Waals surface area contributed by atoms with Gasteiger partial charge in [0.2, 0.25) is 0 Å². The molecule has 1 unspecified atom stereocenters. The molecule has 5 heteroatoms. The van der Waals surface area contributed by atoms with Crippen molar-refractivity contribution in [3.05, 3.63) is 0 Å². The van der Waals surface area contributed by atoms with Crippen LogP contribution in [0, 0.1) is 0 Å². The number of hydrogen-bond acceptors (Lipinski definition) is 2. The second kappa shape index (κ2) is 4.57. The first-order valence-electron chi connectivity index (χ1n) is 3.04. The van der Waals surface area contributed by atoms with E-state index in [-0.39, 0.29) is 5.00 Å². The second-order valence-electron chi connectivity index (χ2n) is 1.87. The third-order valence-electron chi connectivity index (χ3n) is 1.29. The van der Waals surface area contributed by atoms with Gasteiger partial charge in [-0.3, -0.25) is 0 Å². The highest BCUT2D eigenvalue weighted by Crippen LogP contribution is 2.22. The van der Waals surface area contributed by atoms with Crippen molar-refractivity contribution in [1.82, 2.24) is 0 Å². The predicted molar refractivity (Wildman–Crippen MR) is 45.6 cm³/mol. The fraction of sp³-hybridized carbons (Fsp3) is 1.00. The van der Waals surface area contributed by atoms with Crippen molar-refractivity contribution in [2.24, 2.45) is 0 Å². The molecule has 0 N–H and O–H groups in total. The minimum atomic E-state index is -2.56.